The molecule has 4 nitrogen and oxygen atoms in total. The van der Waals surface area contributed by atoms with E-state index < -0.39 is 10.0 Å². The van der Waals surface area contributed by atoms with Crippen molar-refractivity contribution < 1.29 is 13.2 Å². The lowest BCUT2D eigenvalue weighted by Gasteiger charge is -2.10. The number of nitrogens with zero attached hydrogens (tertiary/aromatic N) is 1. The lowest BCUT2D eigenvalue weighted by molar-refractivity contribution is 0.310. The Labute approximate surface area is 152 Å². The second-order valence-corrected chi connectivity index (χ2v) is 7.71. The summed E-state index contributed by atoms with van der Waals surface area (Å²) in [4.78, 5) is 0.258. The second-order valence-electron chi connectivity index (χ2n) is 5.89. The number of aromatic nitrogens is 1. The fourth-order valence-corrected chi connectivity index (χ4v) is 4.26. The zero-order chi connectivity index (χ0) is 18.0. The molecule has 0 aliphatic carbocycles. The first-order valence-electron chi connectivity index (χ1n) is 8.24. The topological polar surface area (TPSA) is 48.3 Å². The molecule has 0 saturated carbocycles. The summed E-state index contributed by atoms with van der Waals surface area (Å²) in [6.45, 7) is 0.427. The van der Waals surface area contributed by atoms with Crippen molar-refractivity contribution in [3.63, 3.8) is 0 Å². The highest BCUT2D eigenvalue weighted by molar-refractivity contribution is 7.90. The van der Waals surface area contributed by atoms with E-state index in [-0.39, 0.29) is 4.90 Å². The Morgan fingerprint density at radius 1 is 0.769 bits per heavy atom. The predicted molar refractivity (Wildman–Crippen MR) is 102 cm³/mol. The van der Waals surface area contributed by atoms with E-state index in [1.807, 2.05) is 36.4 Å². The third-order valence-corrected chi connectivity index (χ3v) is 5.90. The van der Waals surface area contributed by atoms with Crippen LogP contribution < -0.4 is 4.74 Å². The molecular weight excluding hydrogens is 346 g/mol. The van der Waals surface area contributed by atoms with Gasteiger partial charge in [0, 0.05) is 11.6 Å². The highest BCUT2D eigenvalue weighted by Crippen LogP contribution is 2.29. The van der Waals surface area contributed by atoms with E-state index in [2.05, 4.69) is 0 Å². The van der Waals surface area contributed by atoms with Crippen LogP contribution in [0, 0.1) is 0 Å². The first-order valence-corrected chi connectivity index (χ1v) is 9.68. The third-order valence-electron chi connectivity index (χ3n) is 4.19. The first-order chi connectivity index (χ1) is 12.7. The molecule has 0 fully saturated rings. The van der Waals surface area contributed by atoms with Gasteiger partial charge in [0.2, 0.25) is 0 Å². The molecule has 3 aromatic carbocycles. The summed E-state index contributed by atoms with van der Waals surface area (Å²) < 4.78 is 33.1. The molecule has 5 heteroatoms. The van der Waals surface area contributed by atoms with Gasteiger partial charge in [0.15, 0.2) is 0 Å². The van der Waals surface area contributed by atoms with Gasteiger partial charge in [-0.2, -0.15) is 0 Å². The minimum absolute atomic E-state index is 0.258. The van der Waals surface area contributed by atoms with Crippen LogP contribution in [0.1, 0.15) is 5.56 Å². The minimum atomic E-state index is -3.64. The first kappa shape index (κ1) is 16.4. The molecule has 0 atom stereocenters. The van der Waals surface area contributed by atoms with Crippen LogP contribution in [0.25, 0.3) is 10.9 Å². The van der Waals surface area contributed by atoms with Gasteiger partial charge in [-0.1, -0.05) is 54.6 Å². The Balaban J connectivity index is 1.72. The maximum atomic E-state index is 12.9. The Bertz CT molecular complexity index is 1130. The van der Waals surface area contributed by atoms with Gasteiger partial charge < -0.3 is 4.74 Å². The number of benzene rings is 3. The maximum absolute atomic E-state index is 12.9. The van der Waals surface area contributed by atoms with Crippen LogP contribution in [-0.4, -0.2) is 12.4 Å². The summed E-state index contributed by atoms with van der Waals surface area (Å²) >= 11 is 0. The zero-order valence-corrected chi connectivity index (χ0v) is 14.8. The van der Waals surface area contributed by atoms with E-state index in [4.69, 9.17) is 4.74 Å². The van der Waals surface area contributed by atoms with Crippen molar-refractivity contribution in [3.05, 3.63) is 96.7 Å². The summed E-state index contributed by atoms with van der Waals surface area (Å²) in [5.41, 5.74) is 1.65. The molecule has 0 amide bonds. The molecule has 0 bridgehead atoms. The van der Waals surface area contributed by atoms with Crippen molar-refractivity contribution in [2.75, 3.05) is 0 Å². The van der Waals surface area contributed by atoms with E-state index >= 15 is 0 Å². The average Bonchev–Trinajstić information content (AvgIpc) is 3.13. The van der Waals surface area contributed by atoms with Crippen molar-refractivity contribution in [3.8, 4) is 5.75 Å². The van der Waals surface area contributed by atoms with Crippen LogP contribution in [-0.2, 0) is 16.6 Å². The average molecular weight is 363 g/mol. The van der Waals surface area contributed by atoms with Crippen LogP contribution in [0.2, 0.25) is 0 Å². The Hall–Kier alpha value is -3.05. The van der Waals surface area contributed by atoms with Crippen LogP contribution in [0.3, 0.4) is 0 Å². The summed E-state index contributed by atoms with van der Waals surface area (Å²) in [6, 6.07) is 25.5. The maximum Gasteiger partial charge on any atom is 0.268 e. The number of hydrogen-bond donors (Lipinski definition) is 0. The molecular formula is C21H17NO3S. The van der Waals surface area contributed by atoms with E-state index in [9.17, 15) is 8.42 Å². The van der Waals surface area contributed by atoms with Crippen LogP contribution in [0.15, 0.2) is 96.0 Å². The molecule has 0 spiro atoms. The van der Waals surface area contributed by atoms with E-state index in [0.29, 0.717) is 17.9 Å². The molecule has 130 valence electrons. The number of hydrogen-bond acceptors (Lipinski definition) is 3. The van der Waals surface area contributed by atoms with Gasteiger partial charge in [-0.25, -0.2) is 12.4 Å². The number of fused-ring (bicyclic) bond motifs is 1. The second kappa shape index (κ2) is 6.69. The molecule has 26 heavy (non-hydrogen) atoms. The van der Waals surface area contributed by atoms with Crippen LogP contribution in [0.5, 0.6) is 5.75 Å². The molecule has 0 saturated heterocycles. The van der Waals surface area contributed by atoms with Gasteiger partial charge in [-0.05, 0) is 35.9 Å². The fraction of sp³-hybridized carbons (Fsp3) is 0.0476. The molecule has 1 aromatic heterocycles. The summed E-state index contributed by atoms with van der Waals surface area (Å²) in [6.07, 6.45) is 1.57. The Morgan fingerprint density at radius 3 is 2.19 bits per heavy atom. The Kier molecular flexibility index (Phi) is 4.22. The highest BCUT2D eigenvalue weighted by Gasteiger charge is 2.19. The fourth-order valence-electron chi connectivity index (χ4n) is 2.89. The van der Waals surface area contributed by atoms with Gasteiger partial charge >= 0.3 is 0 Å². The van der Waals surface area contributed by atoms with Crippen molar-refractivity contribution in [2.45, 2.75) is 11.5 Å². The van der Waals surface area contributed by atoms with E-state index in [1.54, 1.807) is 54.7 Å². The van der Waals surface area contributed by atoms with Crippen molar-refractivity contribution >= 4 is 20.9 Å². The SMILES string of the molecule is O=S(=O)(c1ccccc1)n1ccc2c(OCc3ccccc3)cccc21. The largest absolute Gasteiger partial charge is 0.488 e. The summed E-state index contributed by atoms with van der Waals surface area (Å²) in [5.74, 6) is 0.661. The minimum Gasteiger partial charge on any atom is -0.488 e. The van der Waals surface area contributed by atoms with Crippen LogP contribution >= 0.6 is 0 Å². The normalized spacial score (nSPS) is 11.5. The van der Waals surface area contributed by atoms with Crippen molar-refractivity contribution in [1.82, 2.24) is 3.97 Å². The van der Waals surface area contributed by atoms with Gasteiger partial charge in [-0.15, -0.1) is 0 Å². The zero-order valence-electron chi connectivity index (χ0n) is 13.9. The lowest BCUT2D eigenvalue weighted by atomic mass is 10.2. The molecule has 0 unspecified atom stereocenters. The lowest BCUT2D eigenvalue weighted by Crippen LogP contribution is -2.11. The summed E-state index contributed by atoms with van der Waals surface area (Å²) in [5, 5.41) is 0.767. The number of ether oxygens (including phenoxy) is 1. The smallest absolute Gasteiger partial charge is 0.268 e. The molecule has 4 aromatic rings. The number of rotatable bonds is 5. The molecule has 4 rings (SSSR count). The van der Waals surface area contributed by atoms with E-state index in [0.717, 1.165) is 10.9 Å². The molecule has 0 aliphatic rings. The van der Waals surface area contributed by atoms with Crippen molar-refractivity contribution in [2.24, 2.45) is 0 Å². The third kappa shape index (κ3) is 2.97. The van der Waals surface area contributed by atoms with Gasteiger partial charge in [-0.3, -0.25) is 0 Å². The predicted octanol–water partition coefficient (Wildman–Crippen LogP) is 4.46. The van der Waals surface area contributed by atoms with Gasteiger partial charge in [0.1, 0.15) is 12.4 Å². The molecule has 0 N–H and O–H groups in total. The molecule has 1 heterocycles. The summed E-state index contributed by atoms with van der Waals surface area (Å²) in [7, 11) is -3.64. The molecule has 0 radical (unpaired) electrons. The standard InChI is InChI=1S/C21H17NO3S/c23-26(24,18-10-5-2-6-11-18)22-15-14-19-20(22)12-7-13-21(19)25-16-17-8-3-1-4-9-17/h1-15H,16H2. The van der Waals surface area contributed by atoms with Crippen LogP contribution in [0.4, 0.5) is 0 Å². The van der Waals surface area contributed by atoms with Gasteiger partial charge in [0.05, 0.1) is 10.4 Å². The molecule has 0 aliphatic heterocycles. The highest BCUT2D eigenvalue weighted by atomic mass is 32.2. The van der Waals surface area contributed by atoms with Gasteiger partial charge in [0.25, 0.3) is 10.0 Å². The van der Waals surface area contributed by atoms with E-state index in [1.165, 1.54) is 3.97 Å². The Morgan fingerprint density at radius 2 is 1.46 bits per heavy atom. The quantitative estimate of drug-likeness (QED) is 0.526. The van der Waals surface area contributed by atoms with Crippen molar-refractivity contribution in [1.29, 1.82) is 0 Å². The monoisotopic (exact) mass is 363 g/mol.